The van der Waals surface area contributed by atoms with Crippen LogP contribution in [-0.4, -0.2) is 23.5 Å². The lowest BCUT2D eigenvalue weighted by Crippen LogP contribution is -2.40. The Balaban J connectivity index is 2.04. The van der Waals surface area contributed by atoms with Crippen LogP contribution < -0.4 is 5.73 Å². The molecule has 2 nitrogen and oxygen atoms in total. The second kappa shape index (κ2) is 6.49. The Kier molecular flexibility index (Phi) is 4.94. The van der Waals surface area contributed by atoms with Gasteiger partial charge in [0, 0.05) is 24.2 Å². The maximum Gasteiger partial charge on any atom is 0.127 e. The minimum Gasteiger partial charge on any atom is -0.328 e. The lowest BCUT2D eigenvalue weighted by atomic mass is 9.90. The van der Waals surface area contributed by atoms with E-state index in [1.54, 1.807) is 6.07 Å². The first-order chi connectivity index (χ1) is 9.10. The monoisotopic (exact) mass is 264 g/mol. The van der Waals surface area contributed by atoms with Gasteiger partial charge in [0.1, 0.15) is 5.82 Å². The summed E-state index contributed by atoms with van der Waals surface area (Å²) in [5.74, 6) is -0.0865. The Hall–Kier alpha value is -0.930. The lowest BCUT2D eigenvalue weighted by molar-refractivity contribution is 0.148. The van der Waals surface area contributed by atoms with Crippen LogP contribution in [0, 0.1) is 12.7 Å². The number of nitrogens with two attached hydrogens (primary N) is 1. The van der Waals surface area contributed by atoms with E-state index in [4.69, 9.17) is 5.73 Å². The molecule has 1 saturated carbocycles. The smallest absolute Gasteiger partial charge is 0.127 e. The van der Waals surface area contributed by atoms with E-state index in [-0.39, 0.29) is 5.82 Å². The van der Waals surface area contributed by atoms with Crippen molar-refractivity contribution in [2.45, 2.75) is 58.2 Å². The number of aryl methyl sites for hydroxylation is 1. The van der Waals surface area contributed by atoms with E-state index < -0.39 is 0 Å². The lowest BCUT2D eigenvalue weighted by Gasteiger charge is -2.35. The molecule has 19 heavy (non-hydrogen) atoms. The zero-order valence-corrected chi connectivity index (χ0v) is 12.0. The molecular weight excluding hydrogens is 239 g/mol. The van der Waals surface area contributed by atoms with E-state index in [1.807, 2.05) is 19.1 Å². The van der Waals surface area contributed by atoms with Gasteiger partial charge < -0.3 is 5.73 Å². The van der Waals surface area contributed by atoms with Crippen molar-refractivity contribution < 1.29 is 4.39 Å². The molecule has 0 aliphatic heterocycles. The third-order valence-electron chi connectivity index (χ3n) is 4.24. The molecule has 1 aliphatic carbocycles. The summed E-state index contributed by atoms with van der Waals surface area (Å²) in [4.78, 5) is 2.39. The van der Waals surface area contributed by atoms with Gasteiger partial charge in [0.15, 0.2) is 0 Å². The van der Waals surface area contributed by atoms with E-state index >= 15 is 0 Å². The van der Waals surface area contributed by atoms with Crippen LogP contribution in [0.3, 0.4) is 0 Å². The topological polar surface area (TPSA) is 29.3 Å². The molecule has 0 heterocycles. The number of hydrogen-bond acceptors (Lipinski definition) is 2. The molecule has 1 aliphatic rings. The molecule has 2 N–H and O–H groups in total. The standard InChI is InChI=1S/C16H25FN2/c1-3-19(15-7-5-14(18)6-8-15)11-13-10-12(2)4-9-16(13)17/h4,9-10,14-15H,3,5-8,11,18H2,1-2H3. The molecule has 0 amide bonds. The molecule has 3 heteroatoms. The van der Waals surface area contributed by atoms with Gasteiger partial charge in [0.25, 0.3) is 0 Å². The molecule has 2 rings (SSSR count). The van der Waals surface area contributed by atoms with Crippen molar-refractivity contribution in [3.63, 3.8) is 0 Å². The van der Waals surface area contributed by atoms with Gasteiger partial charge >= 0.3 is 0 Å². The summed E-state index contributed by atoms with van der Waals surface area (Å²) in [5.41, 5.74) is 7.90. The van der Waals surface area contributed by atoms with Gasteiger partial charge in [-0.05, 0) is 45.2 Å². The quantitative estimate of drug-likeness (QED) is 0.904. The first kappa shape index (κ1) is 14.5. The van der Waals surface area contributed by atoms with Crippen LogP contribution in [0.25, 0.3) is 0 Å². The first-order valence-corrected chi connectivity index (χ1v) is 7.34. The highest BCUT2D eigenvalue weighted by atomic mass is 19.1. The molecule has 0 unspecified atom stereocenters. The maximum absolute atomic E-state index is 13.8. The molecule has 1 aromatic rings. The van der Waals surface area contributed by atoms with E-state index in [9.17, 15) is 4.39 Å². The number of hydrogen-bond donors (Lipinski definition) is 1. The molecule has 0 aromatic heterocycles. The predicted molar refractivity (Wildman–Crippen MR) is 77.5 cm³/mol. The Labute approximate surface area is 115 Å². The SMILES string of the molecule is CCN(Cc1cc(C)ccc1F)C1CCC(N)CC1. The van der Waals surface area contributed by atoms with E-state index in [2.05, 4.69) is 11.8 Å². The highest BCUT2D eigenvalue weighted by Crippen LogP contribution is 2.24. The second-order valence-electron chi connectivity index (χ2n) is 5.73. The summed E-state index contributed by atoms with van der Waals surface area (Å²) >= 11 is 0. The van der Waals surface area contributed by atoms with Crippen molar-refractivity contribution >= 4 is 0 Å². The normalized spacial score (nSPS) is 23.8. The second-order valence-corrected chi connectivity index (χ2v) is 5.73. The van der Waals surface area contributed by atoms with E-state index in [0.29, 0.717) is 18.6 Å². The zero-order chi connectivity index (χ0) is 13.8. The van der Waals surface area contributed by atoms with Crippen molar-refractivity contribution in [1.29, 1.82) is 0 Å². The molecule has 0 radical (unpaired) electrons. The van der Waals surface area contributed by atoms with Crippen LogP contribution >= 0.6 is 0 Å². The minimum absolute atomic E-state index is 0.0865. The van der Waals surface area contributed by atoms with Gasteiger partial charge in [0.05, 0.1) is 0 Å². The van der Waals surface area contributed by atoms with Crippen LogP contribution in [0.1, 0.15) is 43.7 Å². The Bertz CT molecular complexity index is 411. The highest BCUT2D eigenvalue weighted by Gasteiger charge is 2.23. The van der Waals surface area contributed by atoms with Crippen molar-refractivity contribution in [3.05, 3.63) is 35.1 Å². The molecule has 0 bridgehead atoms. The van der Waals surface area contributed by atoms with Crippen molar-refractivity contribution in [3.8, 4) is 0 Å². The van der Waals surface area contributed by atoms with E-state index in [0.717, 1.165) is 43.4 Å². The third kappa shape index (κ3) is 3.77. The summed E-state index contributed by atoms with van der Waals surface area (Å²) in [5, 5.41) is 0. The average Bonchev–Trinajstić information content (AvgIpc) is 2.41. The van der Waals surface area contributed by atoms with Crippen LogP contribution in [0.4, 0.5) is 4.39 Å². The molecule has 106 valence electrons. The minimum atomic E-state index is -0.0865. The number of benzene rings is 1. The average molecular weight is 264 g/mol. The summed E-state index contributed by atoms with van der Waals surface area (Å²) in [6.45, 7) is 5.85. The Morgan fingerprint density at radius 2 is 1.95 bits per heavy atom. The molecular formula is C16H25FN2. The Morgan fingerprint density at radius 3 is 2.58 bits per heavy atom. The molecule has 1 fully saturated rings. The third-order valence-corrected chi connectivity index (χ3v) is 4.24. The number of rotatable bonds is 4. The number of halogens is 1. The summed E-state index contributed by atoms with van der Waals surface area (Å²) in [6, 6.07) is 6.30. The fraction of sp³-hybridized carbons (Fsp3) is 0.625. The van der Waals surface area contributed by atoms with Gasteiger partial charge in [-0.2, -0.15) is 0 Å². The maximum atomic E-state index is 13.8. The fourth-order valence-corrected chi connectivity index (χ4v) is 3.01. The first-order valence-electron chi connectivity index (χ1n) is 7.34. The molecule has 1 aromatic carbocycles. The molecule has 0 atom stereocenters. The highest BCUT2D eigenvalue weighted by molar-refractivity contribution is 5.24. The summed E-state index contributed by atoms with van der Waals surface area (Å²) in [6.07, 6.45) is 4.47. The van der Waals surface area contributed by atoms with Gasteiger partial charge in [-0.3, -0.25) is 4.90 Å². The summed E-state index contributed by atoms with van der Waals surface area (Å²) < 4.78 is 13.8. The fourth-order valence-electron chi connectivity index (χ4n) is 3.01. The Morgan fingerprint density at radius 1 is 1.26 bits per heavy atom. The van der Waals surface area contributed by atoms with Gasteiger partial charge in [-0.25, -0.2) is 4.39 Å². The van der Waals surface area contributed by atoms with Crippen LogP contribution in [-0.2, 0) is 6.54 Å². The molecule has 0 spiro atoms. The summed E-state index contributed by atoms with van der Waals surface area (Å²) in [7, 11) is 0. The van der Waals surface area contributed by atoms with Crippen LogP contribution in [0.15, 0.2) is 18.2 Å². The van der Waals surface area contributed by atoms with Gasteiger partial charge in [-0.1, -0.05) is 24.6 Å². The van der Waals surface area contributed by atoms with Crippen LogP contribution in [0.2, 0.25) is 0 Å². The number of nitrogens with zero attached hydrogens (tertiary/aromatic N) is 1. The van der Waals surface area contributed by atoms with Crippen LogP contribution in [0.5, 0.6) is 0 Å². The van der Waals surface area contributed by atoms with Gasteiger partial charge in [-0.15, -0.1) is 0 Å². The van der Waals surface area contributed by atoms with Crippen molar-refractivity contribution in [2.24, 2.45) is 5.73 Å². The van der Waals surface area contributed by atoms with E-state index in [1.165, 1.54) is 0 Å². The molecule has 0 saturated heterocycles. The van der Waals surface area contributed by atoms with Gasteiger partial charge in [0.2, 0.25) is 0 Å². The zero-order valence-electron chi connectivity index (χ0n) is 12.0. The largest absolute Gasteiger partial charge is 0.328 e. The van der Waals surface area contributed by atoms with Crippen molar-refractivity contribution in [1.82, 2.24) is 4.90 Å². The predicted octanol–water partition coefficient (Wildman–Crippen LogP) is 3.23. The van der Waals surface area contributed by atoms with Crippen molar-refractivity contribution in [2.75, 3.05) is 6.54 Å².